The smallest absolute Gasteiger partial charge is 0.369 e. The van der Waals surface area contributed by atoms with Gasteiger partial charge in [-0.15, -0.1) is 0 Å². The monoisotopic (exact) mass is 467 g/mol. The average molecular weight is 468 g/mol. The first-order chi connectivity index (χ1) is 15.9. The molecule has 2 heterocycles. The largest absolute Gasteiger partial charge is 0.418 e. The molecule has 0 unspecified atom stereocenters. The Hall–Kier alpha value is -3.25. The second-order valence-corrected chi connectivity index (χ2v) is 8.54. The average Bonchev–Trinajstić information content (AvgIpc) is 3.42. The van der Waals surface area contributed by atoms with Crippen LogP contribution < -0.4 is 5.32 Å². The molecule has 33 heavy (non-hydrogen) atoms. The van der Waals surface area contributed by atoms with E-state index in [-0.39, 0.29) is 16.6 Å². The molecule has 3 nitrogen and oxygen atoms in total. The maximum atomic E-state index is 13.8. The summed E-state index contributed by atoms with van der Waals surface area (Å²) >= 11 is 5.89. The Bertz CT molecular complexity index is 1230. The summed E-state index contributed by atoms with van der Waals surface area (Å²) in [6, 6.07) is 24.1. The Morgan fingerprint density at radius 2 is 1.58 bits per heavy atom. The zero-order chi connectivity index (χ0) is 23.0. The summed E-state index contributed by atoms with van der Waals surface area (Å²) in [6.45, 7) is 0.663. The van der Waals surface area contributed by atoms with Crippen molar-refractivity contribution in [3.63, 3.8) is 0 Å². The van der Waals surface area contributed by atoms with Crippen molar-refractivity contribution in [1.29, 1.82) is 0 Å². The van der Waals surface area contributed by atoms with Crippen LogP contribution in [0.1, 0.15) is 33.9 Å². The molecule has 0 saturated carbocycles. The minimum absolute atomic E-state index is 0.0280. The van der Waals surface area contributed by atoms with Crippen molar-refractivity contribution in [3.8, 4) is 5.69 Å². The van der Waals surface area contributed by atoms with E-state index in [2.05, 4.69) is 29.6 Å². The molecule has 4 aromatic rings. The van der Waals surface area contributed by atoms with E-state index in [0.717, 1.165) is 34.9 Å². The molecule has 7 heteroatoms. The Balaban J connectivity index is 1.61. The minimum atomic E-state index is -4.55. The van der Waals surface area contributed by atoms with Crippen LogP contribution in [0.2, 0.25) is 5.02 Å². The quantitative estimate of drug-likeness (QED) is 0.346. The van der Waals surface area contributed by atoms with Gasteiger partial charge in [0, 0.05) is 29.5 Å². The fraction of sp³-hybridized carbons (Fsp3) is 0.192. The Morgan fingerprint density at radius 3 is 2.18 bits per heavy atom. The first kappa shape index (κ1) is 21.6. The molecule has 0 fully saturated rings. The Kier molecular flexibility index (Phi) is 5.62. The molecular weight excluding hydrogens is 447 g/mol. The maximum Gasteiger partial charge on any atom is 0.418 e. The van der Waals surface area contributed by atoms with E-state index in [0.29, 0.717) is 18.8 Å². The number of rotatable bonds is 5. The Labute approximate surface area is 194 Å². The third-order valence-corrected chi connectivity index (χ3v) is 6.26. The molecule has 168 valence electrons. The predicted octanol–water partition coefficient (Wildman–Crippen LogP) is 6.89. The van der Waals surface area contributed by atoms with E-state index in [1.165, 1.54) is 16.8 Å². The van der Waals surface area contributed by atoms with Crippen LogP contribution in [0.3, 0.4) is 0 Å². The van der Waals surface area contributed by atoms with E-state index >= 15 is 0 Å². The third-order valence-electron chi connectivity index (χ3n) is 6.03. The van der Waals surface area contributed by atoms with E-state index in [1.807, 2.05) is 36.4 Å². The minimum Gasteiger partial charge on any atom is -0.369 e. The number of hydrogen-bond acceptors (Lipinski definition) is 2. The topological polar surface area (TPSA) is 29.9 Å². The van der Waals surface area contributed by atoms with Crippen molar-refractivity contribution < 1.29 is 13.2 Å². The number of nitrogens with zero attached hydrogens (tertiary/aromatic N) is 2. The zero-order valence-corrected chi connectivity index (χ0v) is 18.4. The molecule has 0 bridgehead atoms. The fourth-order valence-electron chi connectivity index (χ4n) is 4.50. The lowest BCUT2D eigenvalue weighted by Gasteiger charge is -2.18. The van der Waals surface area contributed by atoms with Crippen LogP contribution in [-0.2, 0) is 19.0 Å². The highest BCUT2D eigenvalue weighted by atomic mass is 35.5. The zero-order valence-electron chi connectivity index (χ0n) is 17.6. The maximum absolute atomic E-state index is 13.8. The van der Waals surface area contributed by atoms with Gasteiger partial charge in [-0.25, -0.2) is 4.68 Å². The number of halogens is 4. The van der Waals surface area contributed by atoms with E-state index in [4.69, 9.17) is 16.7 Å². The molecule has 5 rings (SSSR count). The van der Waals surface area contributed by atoms with Gasteiger partial charge in [0.1, 0.15) is 5.82 Å². The summed E-state index contributed by atoms with van der Waals surface area (Å²) < 4.78 is 42.8. The summed E-state index contributed by atoms with van der Waals surface area (Å²) in [5, 5.41) is 7.98. The van der Waals surface area contributed by atoms with Crippen LogP contribution >= 0.6 is 11.6 Å². The number of aromatic nitrogens is 2. The standard InChI is InChI=1S/C26H21ClF3N3/c27-19-11-12-24(22(15-19)26(28,29)30)33-25-20(13-14-31-25)23(32-33)16-21(17-7-3-1-4-8-17)18-9-5-2-6-10-18/h1-12,15,21,31H,13-14,16H2. The normalized spacial score (nSPS) is 13.2. The highest BCUT2D eigenvalue weighted by Crippen LogP contribution is 2.39. The molecule has 1 aromatic heterocycles. The van der Waals surface area contributed by atoms with Crippen molar-refractivity contribution in [1.82, 2.24) is 9.78 Å². The van der Waals surface area contributed by atoms with Crippen LogP contribution in [0.5, 0.6) is 0 Å². The summed E-state index contributed by atoms with van der Waals surface area (Å²) in [6.07, 6.45) is -3.25. The van der Waals surface area contributed by atoms with E-state index in [9.17, 15) is 13.2 Å². The number of alkyl halides is 3. The number of fused-ring (bicyclic) bond motifs is 1. The first-order valence-electron chi connectivity index (χ1n) is 10.7. The second kappa shape index (κ2) is 8.60. The summed E-state index contributed by atoms with van der Waals surface area (Å²) in [4.78, 5) is 0. The molecular formula is C26H21ClF3N3. The molecule has 0 atom stereocenters. The molecule has 1 N–H and O–H groups in total. The van der Waals surface area contributed by atoms with Crippen molar-refractivity contribution in [3.05, 3.63) is 112 Å². The van der Waals surface area contributed by atoms with E-state index < -0.39 is 11.7 Å². The number of hydrogen-bond donors (Lipinski definition) is 1. The van der Waals surface area contributed by atoms with Gasteiger partial charge in [-0.2, -0.15) is 18.3 Å². The van der Waals surface area contributed by atoms with Crippen LogP contribution in [0, 0.1) is 0 Å². The summed E-state index contributed by atoms with van der Waals surface area (Å²) in [5.41, 5.74) is 3.22. The van der Waals surface area contributed by atoms with E-state index in [1.54, 1.807) is 0 Å². The van der Waals surface area contributed by atoms with Crippen molar-refractivity contribution in [2.45, 2.75) is 24.9 Å². The summed E-state index contributed by atoms with van der Waals surface area (Å²) in [5.74, 6) is 0.658. The second-order valence-electron chi connectivity index (χ2n) is 8.10. The lowest BCUT2D eigenvalue weighted by Crippen LogP contribution is -2.14. The number of benzene rings is 3. The fourth-order valence-corrected chi connectivity index (χ4v) is 4.67. The predicted molar refractivity (Wildman–Crippen MR) is 124 cm³/mol. The summed E-state index contributed by atoms with van der Waals surface area (Å²) in [7, 11) is 0. The van der Waals surface area contributed by atoms with Crippen LogP contribution in [0.15, 0.2) is 78.9 Å². The van der Waals surface area contributed by atoms with Gasteiger partial charge in [0.25, 0.3) is 0 Å². The third kappa shape index (κ3) is 4.23. The van der Waals surface area contributed by atoms with Gasteiger partial charge in [-0.05, 0) is 35.7 Å². The van der Waals surface area contributed by atoms with Crippen molar-refractivity contribution in [2.75, 3.05) is 11.9 Å². The molecule has 0 radical (unpaired) electrons. The molecule has 0 amide bonds. The highest BCUT2D eigenvalue weighted by molar-refractivity contribution is 6.30. The van der Waals surface area contributed by atoms with Gasteiger partial charge in [0.15, 0.2) is 0 Å². The SMILES string of the molecule is FC(F)(F)c1cc(Cl)ccc1-n1nc(CC(c2ccccc2)c2ccccc2)c2c1NCC2. The molecule has 3 aromatic carbocycles. The number of nitrogens with one attached hydrogen (secondary N) is 1. The van der Waals surface area contributed by atoms with Gasteiger partial charge in [0.05, 0.1) is 16.9 Å². The van der Waals surface area contributed by atoms with Crippen molar-refractivity contribution >= 4 is 17.4 Å². The van der Waals surface area contributed by atoms with Gasteiger partial charge in [-0.3, -0.25) is 0 Å². The lowest BCUT2D eigenvalue weighted by molar-refractivity contribution is -0.137. The van der Waals surface area contributed by atoms with Gasteiger partial charge >= 0.3 is 6.18 Å². The molecule has 0 aliphatic carbocycles. The Morgan fingerprint density at radius 1 is 0.939 bits per heavy atom. The van der Waals surface area contributed by atoms with Crippen molar-refractivity contribution in [2.24, 2.45) is 0 Å². The molecule has 0 saturated heterocycles. The van der Waals surface area contributed by atoms with Gasteiger partial charge in [-0.1, -0.05) is 72.3 Å². The molecule has 1 aliphatic rings. The first-order valence-corrected chi connectivity index (χ1v) is 11.1. The van der Waals surface area contributed by atoms with Gasteiger partial charge in [0.2, 0.25) is 0 Å². The van der Waals surface area contributed by atoms with Crippen LogP contribution in [0.4, 0.5) is 19.0 Å². The highest BCUT2D eigenvalue weighted by Gasteiger charge is 2.36. The van der Waals surface area contributed by atoms with Gasteiger partial charge < -0.3 is 5.32 Å². The lowest BCUT2D eigenvalue weighted by atomic mass is 9.86. The number of anilines is 1. The molecule has 0 spiro atoms. The van der Waals surface area contributed by atoms with Crippen LogP contribution in [-0.4, -0.2) is 16.3 Å². The van der Waals surface area contributed by atoms with Crippen LogP contribution in [0.25, 0.3) is 5.69 Å². The molecule has 1 aliphatic heterocycles.